The zero-order valence-corrected chi connectivity index (χ0v) is 25.4. The number of likely N-dealkylation sites (N-methyl/N-ethyl adjacent to an activating group) is 1. The number of anilines is 1. The molecular weight excluding hydrogens is 600 g/mol. The maximum absolute atomic E-state index is 13.4. The number of benzene rings is 1. The van der Waals surface area contributed by atoms with Crippen molar-refractivity contribution in [3.8, 4) is 17.7 Å². The van der Waals surface area contributed by atoms with Gasteiger partial charge in [-0.15, -0.1) is 0 Å². The number of nitrogens with zero attached hydrogens (tertiary/aromatic N) is 4. The minimum absolute atomic E-state index is 0.0159. The van der Waals surface area contributed by atoms with Crippen molar-refractivity contribution in [2.75, 3.05) is 64.5 Å². The molecule has 1 spiro atoms. The highest BCUT2D eigenvalue weighted by Crippen LogP contribution is 2.38. The first-order valence-electron chi connectivity index (χ1n) is 14.0. The molecule has 0 saturated carbocycles. The summed E-state index contributed by atoms with van der Waals surface area (Å²) in [6, 6.07) is 9.15. The molecule has 2 fully saturated rings. The molecule has 0 bridgehead atoms. The first-order valence-corrected chi connectivity index (χ1v) is 16.9. The Morgan fingerprint density at radius 1 is 1.21 bits per heavy atom. The summed E-state index contributed by atoms with van der Waals surface area (Å²) >= 11 is 0. The highest BCUT2D eigenvalue weighted by Gasteiger charge is 2.45. The summed E-state index contributed by atoms with van der Waals surface area (Å²) in [5.41, 5.74) is 0.228. The third-order valence-electron chi connectivity index (χ3n) is 7.91. The van der Waals surface area contributed by atoms with Gasteiger partial charge in [0.2, 0.25) is 25.9 Å². The van der Waals surface area contributed by atoms with Crippen molar-refractivity contribution >= 4 is 25.7 Å². The number of hydrogen-bond acceptors (Lipinski definition) is 12. The molecule has 43 heavy (non-hydrogen) atoms. The monoisotopic (exact) mass is 636 g/mol. The van der Waals surface area contributed by atoms with Crippen molar-refractivity contribution in [2.45, 2.75) is 46.8 Å². The van der Waals surface area contributed by atoms with Gasteiger partial charge in [-0.1, -0.05) is 6.07 Å². The predicted octanol–water partition coefficient (Wildman–Crippen LogP) is 0.0538. The van der Waals surface area contributed by atoms with Gasteiger partial charge in [-0.2, -0.15) is 14.3 Å². The lowest BCUT2D eigenvalue weighted by molar-refractivity contribution is -0.0312. The summed E-state index contributed by atoms with van der Waals surface area (Å²) in [5.74, 6) is 0.709. The van der Waals surface area contributed by atoms with Gasteiger partial charge in [0.15, 0.2) is 0 Å². The molecule has 3 aliphatic rings. The number of rotatable bonds is 11. The molecule has 2 aromatic rings. The van der Waals surface area contributed by atoms with Crippen molar-refractivity contribution in [3.63, 3.8) is 0 Å². The Labute approximate surface area is 251 Å². The van der Waals surface area contributed by atoms with Gasteiger partial charge in [-0.25, -0.2) is 21.8 Å². The lowest BCUT2D eigenvalue weighted by atomic mass is 9.88. The number of sulfonamides is 2. The molecule has 2 saturated heterocycles. The largest absolute Gasteiger partial charge is 0.491 e. The molecule has 0 radical (unpaired) electrons. The van der Waals surface area contributed by atoms with Crippen molar-refractivity contribution in [2.24, 2.45) is 0 Å². The topological polar surface area (TPSA) is 183 Å². The minimum Gasteiger partial charge on any atom is -0.491 e. The van der Waals surface area contributed by atoms with Crippen molar-refractivity contribution in [1.82, 2.24) is 19.3 Å². The summed E-state index contributed by atoms with van der Waals surface area (Å²) in [6.07, 6.45) is 2.29. The van der Waals surface area contributed by atoms with Gasteiger partial charge in [0.05, 0.1) is 42.5 Å². The highest BCUT2D eigenvalue weighted by molar-refractivity contribution is 7.89. The normalized spacial score (nSPS) is 21.1. The van der Waals surface area contributed by atoms with Gasteiger partial charge >= 0.3 is 0 Å². The van der Waals surface area contributed by atoms with E-state index in [-0.39, 0.29) is 41.3 Å². The van der Waals surface area contributed by atoms with Crippen LogP contribution in [-0.2, 0) is 24.8 Å². The van der Waals surface area contributed by atoms with E-state index < -0.39 is 31.8 Å². The van der Waals surface area contributed by atoms with Crippen LogP contribution in [0.3, 0.4) is 0 Å². The summed E-state index contributed by atoms with van der Waals surface area (Å²) in [4.78, 5) is 6.27. The van der Waals surface area contributed by atoms with Crippen LogP contribution in [0.4, 0.5) is 5.69 Å². The zero-order chi connectivity index (χ0) is 30.7. The van der Waals surface area contributed by atoms with E-state index in [2.05, 4.69) is 15.0 Å². The lowest BCUT2D eigenvalue weighted by Gasteiger charge is -2.38. The molecule has 3 aliphatic heterocycles. The van der Waals surface area contributed by atoms with Gasteiger partial charge in [-0.05, 0) is 37.5 Å². The van der Waals surface area contributed by atoms with E-state index in [0.29, 0.717) is 63.7 Å². The molecule has 14 nitrogen and oxygen atoms in total. The fourth-order valence-electron chi connectivity index (χ4n) is 5.45. The number of nitriles is 1. The maximum atomic E-state index is 13.4. The predicted molar refractivity (Wildman–Crippen MR) is 155 cm³/mol. The van der Waals surface area contributed by atoms with E-state index in [1.54, 1.807) is 18.2 Å². The van der Waals surface area contributed by atoms with E-state index in [9.17, 15) is 21.9 Å². The van der Waals surface area contributed by atoms with Crippen LogP contribution in [-0.4, -0.2) is 109 Å². The first kappa shape index (κ1) is 31.4. The molecule has 1 aromatic heterocycles. The molecule has 1 aromatic carbocycles. The molecule has 2 atom stereocenters. The van der Waals surface area contributed by atoms with Crippen LogP contribution >= 0.6 is 0 Å². The summed E-state index contributed by atoms with van der Waals surface area (Å²) in [5, 5.41) is 22.4. The van der Waals surface area contributed by atoms with Gasteiger partial charge in [0.25, 0.3) is 0 Å². The van der Waals surface area contributed by atoms with Gasteiger partial charge in [-0.3, -0.25) is 0 Å². The van der Waals surface area contributed by atoms with Gasteiger partial charge in [0.1, 0.15) is 35.7 Å². The molecule has 16 heteroatoms. The van der Waals surface area contributed by atoms with Crippen molar-refractivity contribution in [3.05, 3.63) is 36.5 Å². The molecule has 3 N–H and O–H groups in total. The Hall–Kier alpha value is -3.04. The lowest BCUT2D eigenvalue weighted by Crippen LogP contribution is -2.47. The van der Waals surface area contributed by atoms with E-state index in [1.807, 2.05) is 11.9 Å². The second-order valence-electron chi connectivity index (χ2n) is 10.9. The van der Waals surface area contributed by atoms with Crippen molar-refractivity contribution in [1.29, 1.82) is 5.26 Å². The number of ether oxygens (including phenoxy) is 3. The number of aromatic nitrogens is 1. The number of nitrogens with one attached hydrogen (secondary N) is 2. The Morgan fingerprint density at radius 3 is 2.77 bits per heavy atom. The molecule has 234 valence electrons. The van der Waals surface area contributed by atoms with Gasteiger partial charge in [0, 0.05) is 38.8 Å². The second kappa shape index (κ2) is 12.9. The Balaban J connectivity index is 1.08. The minimum atomic E-state index is -3.84. The van der Waals surface area contributed by atoms with Crippen LogP contribution in [0.25, 0.3) is 0 Å². The summed E-state index contributed by atoms with van der Waals surface area (Å²) in [7, 11) is -5.68. The van der Waals surface area contributed by atoms with Crippen LogP contribution in [0.1, 0.15) is 19.3 Å². The Bertz CT molecular complexity index is 1560. The van der Waals surface area contributed by atoms with Crippen LogP contribution in [0.5, 0.6) is 11.6 Å². The molecule has 5 rings (SSSR count). The number of aliphatic hydroxyl groups is 1. The average molecular weight is 637 g/mol. The highest BCUT2D eigenvalue weighted by atomic mass is 32.2. The van der Waals surface area contributed by atoms with Crippen LogP contribution in [0, 0.1) is 11.3 Å². The smallest absolute Gasteiger partial charge is 0.244 e. The number of pyridine rings is 1. The van der Waals surface area contributed by atoms with E-state index >= 15 is 0 Å². The summed E-state index contributed by atoms with van der Waals surface area (Å²) < 4.78 is 72.2. The van der Waals surface area contributed by atoms with E-state index in [1.165, 1.54) is 28.7 Å². The SMILES string of the molecule is CN1CCOc2ncc(S(=O)(=O)N3CCC4(CC3)C[C@@H](NCC(O)COc3cccc(S(=O)(=O)NCC#N)c3)CO4)cc21. The third kappa shape index (κ3) is 7.20. The molecular formula is C27H36N6O8S2. The fourth-order valence-corrected chi connectivity index (χ4v) is 7.81. The number of piperidine rings is 1. The fraction of sp³-hybridized carbons (Fsp3) is 0.556. The molecule has 0 aliphatic carbocycles. The van der Waals surface area contributed by atoms with Crippen LogP contribution < -0.4 is 24.4 Å². The van der Waals surface area contributed by atoms with E-state index in [4.69, 9.17) is 19.5 Å². The number of fused-ring (bicyclic) bond motifs is 1. The maximum Gasteiger partial charge on any atom is 0.244 e. The molecule has 1 unspecified atom stereocenters. The number of hydrogen-bond donors (Lipinski definition) is 3. The standard InChI is InChI=1S/C27H36N6O8S2/c1-32-11-12-39-26-25(32)14-24(17-30-26)43(37,38)33-9-5-27(6-10-33)15-20(18-41-27)29-16-21(34)19-40-22-3-2-4-23(13-22)42(35,36)31-8-7-28/h2-4,13-14,17,20-21,29,31,34H,5-6,8-12,15-16,18-19H2,1H3/t20-,21?/m1/s1. The Kier molecular flexibility index (Phi) is 9.42. The van der Waals surface area contributed by atoms with Crippen molar-refractivity contribution < 1.29 is 36.2 Å². The molecule has 4 heterocycles. The van der Waals surface area contributed by atoms with E-state index in [0.717, 1.165) is 0 Å². The Morgan fingerprint density at radius 2 is 2.00 bits per heavy atom. The quantitative estimate of drug-likeness (QED) is 0.282. The summed E-state index contributed by atoms with van der Waals surface area (Å²) in [6.45, 7) is 2.09. The second-order valence-corrected chi connectivity index (χ2v) is 14.6. The molecule has 0 amide bonds. The van der Waals surface area contributed by atoms with Crippen LogP contribution in [0.15, 0.2) is 46.3 Å². The number of aliphatic hydroxyl groups excluding tert-OH is 1. The average Bonchev–Trinajstić information content (AvgIpc) is 3.40. The third-order valence-corrected chi connectivity index (χ3v) is 11.2. The zero-order valence-electron chi connectivity index (χ0n) is 23.8. The first-order chi connectivity index (χ1) is 20.5. The van der Waals surface area contributed by atoms with Gasteiger partial charge < -0.3 is 29.5 Å². The van der Waals surface area contributed by atoms with Crippen LogP contribution in [0.2, 0.25) is 0 Å².